The van der Waals surface area contributed by atoms with E-state index in [1.165, 1.54) is 0 Å². The molecule has 2 aliphatic rings. The summed E-state index contributed by atoms with van der Waals surface area (Å²) in [4.78, 5) is 32.3. The van der Waals surface area contributed by atoms with Crippen LogP contribution in [-0.4, -0.2) is 83.4 Å². The van der Waals surface area contributed by atoms with Crippen molar-refractivity contribution in [2.45, 2.75) is 110 Å². The van der Waals surface area contributed by atoms with Gasteiger partial charge >= 0.3 is 11.9 Å². The first kappa shape index (κ1) is 44.3. The van der Waals surface area contributed by atoms with Gasteiger partial charge in [-0.1, -0.05) is 36.4 Å². The highest BCUT2D eigenvalue weighted by atomic mass is 16.5. The Morgan fingerprint density at radius 1 is 0.700 bits per heavy atom. The largest absolute Gasteiger partial charge is 0.481 e. The van der Waals surface area contributed by atoms with E-state index in [0.717, 1.165) is 81.3 Å². The summed E-state index contributed by atoms with van der Waals surface area (Å²) in [6.07, 6.45) is 1.94. The number of carboxylic acid groups (broad SMARTS) is 1. The molecule has 0 spiro atoms. The Labute approximate surface area is 351 Å². The highest BCUT2D eigenvalue weighted by Gasteiger charge is 2.31. The number of carbonyl (C=O) groups is 2. The number of benzene rings is 2. The van der Waals surface area contributed by atoms with Gasteiger partial charge in [0.1, 0.15) is 13.2 Å². The smallest absolute Gasteiger partial charge is 0.308 e. The average Bonchev–Trinajstić information content (AvgIpc) is 4.16. The van der Waals surface area contributed by atoms with Crippen LogP contribution in [0.3, 0.4) is 0 Å². The number of esters is 1. The quantitative estimate of drug-likeness (QED) is 0.0516. The van der Waals surface area contributed by atoms with Crippen molar-refractivity contribution >= 4 is 11.9 Å². The van der Waals surface area contributed by atoms with E-state index in [9.17, 15) is 19.8 Å². The van der Waals surface area contributed by atoms with Gasteiger partial charge in [-0.3, -0.25) is 9.59 Å². The molecule has 2 saturated carbocycles. The number of nitrogens with zero attached hydrogens (tertiary/aromatic N) is 2. The summed E-state index contributed by atoms with van der Waals surface area (Å²) in [5.74, 6) is 1.17. The lowest BCUT2D eigenvalue weighted by molar-refractivity contribution is -0.145. The molecule has 322 valence electrons. The van der Waals surface area contributed by atoms with Crippen LogP contribution in [0.5, 0.6) is 23.5 Å². The maximum atomic E-state index is 11.7. The molecule has 2 aromatic heterocycles. The fourth-order valence-corrected chi connectivity index (χ4v) is 7.35. The number of nitrogens with one attached hydrogen (secondary N) is 2. The Hall–Kier alpha value is -5.28. The molecule has 0 saturated heterocycles. The molecule has 0 aliphatic heterocycles. The maximum absolute atomic E-state index is 11.7. The van der Waals surface area contributed by atoms with Gasteiger partial charge in [-0.05, 0) is 104 Å². The minimum atomic E-state index is -1.05. The van der Waals surface area contributed by atoms with Crippen molar-refractivity contribution in [3.8, 4) is 34.6 Å². The summed E-state index contributed by atoms with van der Waals surface area (Å²) in [7, 11) is 3.14. The molecule has 2 heterocycles. The number of ether oxygens (including phenoxy) is 5. The van der Waals surface area contributed by atoms with Gasteiger partial charge < -0.3 is 49.6 Å². The molecule has 14 heteroatoms. The SMILES string of the molecule is CCOC(=O)C[C@H](O)CNCc1cc(C2CC2)c(OCc2cccc(-c3cccc(COc4nc(OC)c(CNC[C@@H](O)CC(=O)O)cc4C4CC4)c3C)c2C)nc1OC. The Morgan fingerprint density at radius 2 is 1.15 bits per heavy atom. The van der Waals surface area contributed by atoms with Gasteiger partial charge in [-0.15, -0.1) is 0 Å². The van der Waals surface area contributed by atoms with E-state index in [4.69, 9.17) is 38.8 Å². The predicted molar refractivity (Wildman–Crippen MR) is 224 cm³/mol. The Balaban J connectivity index is 1.13. The molecule has 0 bridgehead atoms. The zero-order chi connectivity index (χ0) is 42.8. The maximum Gasteiger partial charge on any atom is 0.308 e. The zero-order valence-electron chi connectivity index (χ0n) is 35.2. The van der Waals surface area contributed by atoms with Crippen LogP contribution in [0, 0.1) is 13.8 Å². The number of rotatable bonds is 24. The molecule has 2 aromatic carbocycles. The number of carboxylic acids is 1. The molecule has 14 nitrogen and oxygen atoms in total. The summed E-state index contributed by atoms with van der Waals surface area (Å²) >= 11 is 0. The third-order valence-corrected chi connectivity index (χ3v) is 10.9. The van der Waals surface area contributed by atoms with Crippen molar-refractivity contribution in [2.75, 3.05) is 33.9 Å². The monoisotopic (exact) mass is 826 g/mol. The molecular weight excluding hydrogens is 769 g/mol. The standard InChI is InChI=1S/C46H58N4O10/c1-6-58-42(55)20-36(52)24-48-22-34-18-40(30-15-16-30)46(50-44(34)57-5)60-26-32-10-8-12-38(28(32)3)37-11-7-9-31(27(37)2)25-59-45-39(29-13-14-29)17-33(43(49-45)56-4)21-47-23-35(51)19-41(53)54/h7-12,17-18,29-30,35-36,47-48,51-52H,6,13-16,19-26H2,1-5H3,(H,53,54)/t35-,36-/m0/s1. The minimum absolute atomic E-state index is 0.0739. The lowest BCUT2D eigenvalue weighted by Gasteiger charge is -2.19. The lowest BCUT2D eigenvalue weighted by atomic mass is 9.92. The van der Waals surface area contributed by atoms with Crippen molar-refractivity contribution in [1.29, 1.82) is 0 Å². The van der Waals surface area contributed by atoms with E-state index in [0.29, 0.717) is 61.7 Å². The number of hydrogen-bond acceptors (Lipinski definition) is 13. The molecule has 2 fully saturated rings. The molecule has 0 radical (unpaired) electrons. The average molecular weight is 827 g/mol. The third-order valence-electron chi connectivity index (χ3n) is 10.9. The van der Waals surface area contributed by atoms with Crippen LogP contribution in [0.25, 0.3) is 11.1 Å². The summed E-state index contributed by atoms with van der Waals surface area (Å²) < 4.78 is 29.2. The molecule has 0 amide bonds. The molecular formula is C46H58N4O10. The predicted octanol–water partition coefficient (Wildman–Crippen LogP) is 6.02. The van der Waals surface area contributed by atoms with Gasteiger partial charge in [-0.2, -0.15) is 9.97 Å². The van der Waals surface area contributed by atoms with E-state index >= 15 is 0 Å². The van der Waals surface area contributed by atoms with Crippen molar-refractivity contribution in [3.63, 3.8) is 0 Å². The molecule has 6 rings (SSSR count). The van der Waals surface area contributed by atoms with Gasteiger partial charge in [0.25, 0.3) is 0 Å². The number of pyridine rings is 2. The number of aliphatic hydroxyl groups excluding tert-OH is 2. The number of carbonyl (C=O) groups excluding carboxylic acids is 1. The van der Waals surface area contributed by atoms with Crippen LogP contribution < -0.4 is 29.6 Å². The zero-order valence-corrected chi connectivity index (χ0v) is 35.2. The molecule has 60 heavy (non-hydrogen) atoms. The second kappa shape index (κ2) is 20.8. The first-order chi connectivity index (χ1) is 29.0. The summed E-state index contributed by atoms with van der Waals surface area (Å²) in [6, 6.07) is 16.6. The topological polar surface area (TPSA) is 191 Å². The highest BCUT2D eigenvalue weighted by molar-refractivity contribution is 5.73. The fourth-order valence-electron chi connectivity index (χ4n) is 7.35. The van der Waals surface area contributed by atoms with Crippen LogP contribution in [0.2, 0.25) is 0 Å². The van der Waals surface area contributed by atoms with E-state index in [-0.39, 0.29) is 32.5 Å². The van der Waals surface area contributed by atoms with E-state index in [1.807, 2.05) is 18.2 Å². The Morgan fingerprint density at radius 3 is 1.55 bits per heavy atom. The summed E-state index contributed by atoms with van der Waals surface area (Å²) in [6.45, 7) is 7.99. The van der Waals surface area contributed by atoms with E-state index in [1.54, 1.807) is 21.1 Å². The first-order valence-electron chi connectivity index (χ1n) is 20.7. The van der Waals surface area contributed by atoms with Crippen molar-refractivity contribution in [2.24, 2.45) is 0 Å². The Bertz CT molecular complexity index is 2120. The first-order valence-corrected chi connectivity index (χ1v) is 20.7. The van der Waals surface area contributed by atoms with Gasteiger partial charge in [-0.25, -0.2) is 0 Å². The molecule has 4 aromatic rings. The van der Waals surface area contributed by atoms with Crippen molar-refractivity contribution in [3.05, 3.63) is 93.0 Å². The van der Waals surface area contributed by atoms with E-state index in [2.05, 4.69) is 54.8 Å². The second-order valence-electron chi connectivity index (χ2n) is 15.6. The lowest BCUT2D eigenvalue weighted by Crippen LogP contribution is -2.29. The number of aliphatic carboxylic acids is 1. The van der Waals surface area contributed by atoms with Gasteiger partial charge in [0.05, 0.1) is 45.9 Å². The summed E-state index contributed by atoms with van der Waals surface area (Å²) in [5, 5.41) is 35.5. The van der Waals surface area contributed by atoms with Crippen LogP contribution in [-0.2, 0) is 40.6 Å². The van der Waals surface area contributed by atoms with Gasteiger partial charge in [0, 0.05) is 48.4 Å². The minimum Gasteiger partial charge on any atom is -0.481 e. The molecule has 2 aliphatic carbocycles. The van der Waals surface area contributed by atoms with Crippen molar-refractivity contribution in [1.82, 2.24) is 20.6 Å². The van der Waals surface area contributed by atoms with Crippen LogP contribution in [0.4, 0.5) is 0 Å². The Kier molecular flexibility index (Phi) is 15.4. The molecule has 0 unspecified atom stereocenters. The third kappa shape index (κ3) is 11.7. The highest BCUT2D eigenvalue weighted by Crippen LogP contribution is 2.46. The normalized spacial score (nSPS) is 14.7. The number of aromatic nitrogens is 2. The number of aliphatic hydroxyl groups is 2. The van der Waals surface area contributed by atoms with Crippen LogP contribution in [0.1, 0.15) is 102 Å². The summed E-state index contributed by atoms with van der Waals surface area (Å²) in [5.41, 5.74) is 10.2. The number of methoxy groups -OCH3 is 2. The van der Waals surface area contributed by atoms with E-state index < -0.39 is 24.1 Å². The van der Waals surface area contributed by atoms with Crippen LogP contribution >= 0.6 is 0 Å². The number of hydrogen-bond donors (Lipinski definition) is 5. The van der Waals surface area contributed by atoms with Crippen molar-refractivity contribution < 1.29 is 48.6 Å². The fraction of sp³-hybridized carbons (Fsp3) is 0.478. The molecule has 5 N–H and O–H groups in total. The van der Waals surface area contributed by atoms with Gasteiger partial charge in [0.2, 0.25) is 23.5 Å². The molecule has 2 atom stereocenters. The second-order valence-corrected chi connectivity index (χ2v) is 15.6. The van der Waals surface area contributed by atoms with Gasteiger partial charge in [0.15, 0.2) is 0 Å². The van der Waals surface area contributed by atoms with Crippen LogP contribution in [0.15, 0.2) is 48.5 Å².